The first-order valence-corrected chi connectivity index (χ1v) is 4.85. The van der Waals surface area contributed by atoms with Crippen molar-refractivity contribution in [1.29, 1.82) is 0 Å². The molecule has 4 heteroatoms. The van der Waals surface area contributed by atoms with Crippen molar-refractivity contribution in [1.82, 2.24) is 0 Å². The van der Waals surface area contributed by atoms with Crippen molar-refractivity contribution in [2.24, 2.45) is 0 Å². The summed E-state index contributed by atoms with van der Waals surface area (Å²) in [7, 11) is 0. The lowest BCUT2D eigenvalue weighted by Crippen LogP contribution is -1.75. The average molecular weight is 209 g/mol. The van der Waals surface area contributed by atoms with E-state index in [1.165, 1.54) is 17.8 Å². The van der Waals surface area contributed by atoms with E-state index in [0.717, 1.165) is 0 Å². The van der Waals surface area contributed by atoms with Gasteiger partial charge in [-0.2, -0.15) is 0 Å². The van der Waals surface area contributed by atoms with Gasteiger partial charge in [0.1, 0.15) is 5.75 Å². The smallest absolute Gasteiger partial charge is 0.132 e. The fourth-order valence-electron chi connectivity index (χ4n) is 0.749. The van der Waals surface area contributed by atoms with Crippen LogP contribution in [-0.2, 0) is 0 Å². The van der Waals surface area contributed by atoms with E-state index in [1.807, 2.05) is 6.26 Å². The van der Waals surface area contributed by atoms with Gasteiger partial charge in [-0.3, -0.25) is 0 Å². The first kappa shape index (κ1) is 9.04. The molecule has 0 saturated carbocycles. The van der Waals surface area contributed by atoms with Crippen molar-refractivity contribution in [2.45, 2.75) is 4.90 Å². The highest BCUT2D eigenvalue weighted by atomic mass is 35.5. The van der Waals surface area contributed by atoms with E-state index in [0.29, 0.717) is 14.9 Å². The number of hydrogen-bond donors (Lipinski definition) is 1. The monoisotopic (exact) mass is 208 g/mol. The molecule has 0 saturated heterocycles. The molecule has 0 amide bonds. The van der Waals surface area contributed by atoms with Crippen LogP contribution in [0, 0.1) is 0 Å². The molecule has 1 aromatic rings. The summed E-state index contributed by atoms with van der Waals surface area (Å²) >= 11 is 12.8. The third-order valence-electron chi connectivity index (χ3n) is 1.19. The lowest BCUT2D eigenvalue weighted by atomic mass is 10.3. The number of phenolic OH excluding ortho intramolecular Hbond substituents is 1. The van der Waals surface area contributed by atoms with Gasteiger partial charge in [-0.05, 0) is 18.4 Å². The van der Waals surface area contributed by atoms with Crippen LogP contribution in [0.4, 0.5) is 0 Å². The molecule has 1 N–H and O–H groups in total. The molecule has 0 atom stereocenters. The summed E-state index contributed by atoms with van der Waals surface area (Å²) in [6, 6.07) is 3.08. The standard InChI is InChI=1S/C7H6Cl2OS/c1-11-7-5(9)2-4(8)3-6(7)10/h2-3,10H,1H3. The van der Waals surface area contributed by atoms with E-state index in [2.05, 4.69) is 0 Å². The van der Waals surface area contributed by atoms with Gasteiger partial charge in [0.2, 0.25) is 0 Å². The number of hydrogen-bond acceptors (Lipinski definition) is 2. The van der Waals surface area contributed by atoms with Crippen molar-refractivity contribution in [2.75, 3.05) is 6.26 Å². The Bertz CT molecular complexity index is 252. The third-order valence-corrected chi connectivity index (χ3v) is 2.66. The number of rotatable bonds is 1. The molecule has 11 heavy (non-hydrogen) atoms. The maximum absolute atomic E-state index is 9.28. The van der Waals surface area contributed by atoms with Gasteiger partial charge >= 0.3 is 0 Å². The summed E-state index contributed by atoms with van der Waals surface area (Å²) in [5.74, 6) is 0.134. The van der Waals surface area contributed by atoms with Crippen LogP contribution in [0.3, 0.4) is 0 Å². The maximum atomic E-state index is 9.28. The van der Waals surface area contributed by atoms with Crippen molar-refractivity contribution >= 4 is 35.0 Å². The lowest BCUT2D eigenvalue weighted by molar-refractivity contribution is 0.462. The molecular formula is C7H6Cl2OS. The fourth-order valence-corrected chi connectivity index (χ4v) is 1.98. The molecule has 0 aliphatic heterocycles. The van der Waals surface area contributed by atoms with Crippen LogP contribution >= 0.6 is 35.0 Å². The zero-order chi connectivity index (χ0) is 8.43. The van der Waals surface area contributed by atoms with Crippen LogP contribution in [0.5, 0.6) is 5.75 Å². The summed E-state index contributed by atoms with van der Waals surface area (Å²) in [6.07, 6.45) is 1.84. The van der Waals surface area contributed by atoms with Gasteiger partial charge in [-0.25, -0.2) is 0 Å². The SMILES string of the molecule is CSc1c(O)cc(Cl)cc1Cl. The van der Waals surface area contributed by atoms with E-state index in [9.17, 15) is 5.11 Å². The summed E-state index contributed by atoms with van der Waals surface area (Å²) in [6.45, 7) is 0. The quantitative estimate of drug-likeness (QED) is 0.715. The van der Waals surface area contributed by atoms with Crippen LogP contribution in [0.15, 0.2) is 17.0 Å². The normalized spacial score (nSPS) is 10.1. The van der Waals surface area contributed by atoms with Crippen LogP contribution in [0.1, 0.15) is 0 Å². The molecule has 0 heterocycles. The minimum Gasteiger partial charge on any atom is -0.507 e. The van der Waals surface area contributed by atoms with Crippen molar-refractivity contribution < 1.29 is 5.11 Å². The van der Waals surface area contributed by atoms with Gasteiger partial charge in [0.25, 0.3) is 0 Å². The van der Waals surface area contributed by atoms with E-state index in [-0.39, 0.29) is 5.75 Å². The van der Waals surface area contributed by atoms with E-state index < -0.39 is 0 Å². The Kier molecular flexibility index (Phi) is 2.93. The Hall–Kier alpha value is -0.0500. The Balaban J connectivity index is 3.25. The van der Waals surface area contributed by atoms with Crippen molar-refractivity contribution in [3.63, 3.8) is 0 Å². The van der Waals surface area contributed by atoms with Crippen LogP contribution < -0.4 is 0 Å². The Morgan fingerprint density at radius 1 is 1.36 bits per heavy atom. The molecule has 1 nitrogen and oxygen atoms in total. The summed E-state index contributed by atoms with van der Waals surface area (Å²) in [5.41, 5.74) is 0. The van der Waals surface area contributed by atoms with Crippen molar-refractivity contribution in [3.05, 3.63) is 22.2 Å². The minimum absolute atomic E-state index is 0.134. The number of benzene rings is 1. The Labute approximate surface area is 79.3 Å². The van der Waals surface area contributed by atoms with Gasteiger partial charge in [-0.1, -0.05) is 23.2 Å². The highest BCUT2D eigenvalue weighted by Crippen LogP contribution is 2.36. The lowest BCUT2D eigenvalue weighted by Gasteiger charge is -2.03. The molecule has 0 spiro atoms. The van der Waals surface area contributed by atoms with Gasteiger partial charge in [0.15, 0.2) is 0 Å². The maximum Gasteiger partial charge on any atom is 0.132 e. The molecule has 0 unspecified atom stereocenters. The van der Waals surface area contributed by atoms with E-state index >= 15 is 0 Å². The second-order valence-electron chi connectivity index (χ2n) is 1.94. The molecular weight excluding hydrogens is 203 g/mol. The van der Waals surface area contributed by atoms with Crippen LogP contribution in [0.25, 0.3) is 0 Å². The second kappa shape index (κ2) is 3.57. The van der Waals surface area contributed by atoms with E-state index in [1.54, 1.807) is 6.07 Å². The van der Waals surface area contributed by atoms with Crippen LogP contribution in [-0.4, -0.2) is 11.4 Å². The number of phenols is 1. The molecule has 0 radical (unpaired) electrons. The largest absolute Gasteiger partial charge is 0.507 e. The summed E-state index contributed by atoms with van der Waals surface area (Å²) in [5, 5.41) is 10.2. The molecule has 1 aromatic carbocycles. The average Bonchev–Trinajstić information content (AvgIpc) is 1.85. The molecule has 1 rings (SSSR count). The molecule has 0 aromatic heterocycles. The zero-order valence-corrected chi connectivity index (χ0v) is 8.09. The highest BCUT2D eigenvalue weighted by Gasteiger charge is 2.05. The molecule has 0 fully saturated rings. The highest BCUT2D eigenvalue weighted by molar-refractivity contribution is 7.98. The zero-order valence-electron chi connectivity index (χ0n) is 5.77. The predicted octanol–water partition coefficient (Wildman–Crippen LogP) is 3.42. The van der Waals surface area contributed by atoms with Gasteiger partial charge in [-0.15, -0.1) is 11.8 Å². The van der Waals surface area contributed by atoms with Crippen molar-refractivity contribution in [3.8, 4) is 5.75 Å². The number of thioether (sulfide) groups is 1. The fraction of sp³-hybridized carbons (Fsp3) is 0.143. The Morgan fingerprint density at radius 3 is 2.45 bits per heavy atom. The predicted molar refractivity (Wildman–Crippen MR) is 49.9 cm³/mol. The van der Waals surface area contributed by atoms with Crippen LogP contribution in [0.2, 0.25) is 10.0 Å². The second-order valence-corrected chi connectivity index (χ2v) is 3.60. The Morgan fingerprint density at radius 2 is 2.00 bits per heavy atom. The third kappa shape index (κ3) is 1.95. The number of halogens is 2. The van der Waals surface area contributed by atoms with Gasteiger partial charge in [0.05, 0.1) is 9.92 Å². The first-order valence-electron chi connectivity index (χ1n) is 2.87. The molecule has 0 aliphatic carbocycles. The minimum atomic E-state index is 0.134. The van der Waals surface area contributed by atoms with Gasteiger partial charge in [0, 0.05) is 5.02 Å². The summed E-state index contributed by atoms with van der Waals surface area (Å²) < 4.78 is 0. The topological polar surface area (TPSA) is 20.2 Å². The summed E-state index contributed by atoms with van der Waals surface area (Å²) in [4.78, 5) is 0.663. The first-order chi connectivity index (χ1) is 5.15. The van der Waals surface area contributed by atoms with Gasteiger partial charge < -0.3 is 5.11 Å². The van der Waals surface area contributed by atoms with E-state index in [4.69, 9.17) is 23.2 Å². The molecule has 60 valence electrons. The number of aromatic hydroxyl groups is 1. The molecule has 0 aliphatic rings. The molecule has 0 bridgehead atoms.